The van der Waals surface area contributed by atoms with Gasteiger partial charge in [-0.25, -0.2) is 0 Å². The molecule has 110 valence electrons. The maximum Gasteiger partial charge on any atom is 0.203 e. The topological polar surface area (TPSA) is 72.1 Å². The van der Waals surface area contributed by atoms with Crippen LogP contribution in [-0.2, 0) is 0 Å². The van der Waals surface area contributed by atoms with Crippen LogP contribution in [0.15, 0.2) is 53.9 Å². The van der Waals surface area contributed by atoms with Gasteiger partial charge in [-0.05, 0) is 24.3 Å². The highest BCUT2D eigenvalue weighted by atomic mass is 15.5. The van der Waals surface area contributed by atoms with E-state index in [0.29, 0.717) is 23.0 Å². The van der Waals surface area contributed by atoms with Crippen LogP contribution >= 0.6 is 0 Å². The molecule has 7 nitrogen and oxygen atoms in total. The molecular formula is C15H15N7. The second-order valence-corrected chi connectivity index (χ2v) is 4.78. The molecule has 0 aromatic carbocycles. The molecule has 0 atom stereocenters. The van der Waals surface area contributed by atoms with Gasteiger partial charge in [0.25, 0.3) is 0 Å². The molecule has 0 aliphatic carbocycles. The summed E-state index contributed by atoms with van der Waals surface area (Å²) in [5.74, 6) is 1.14. The first-order valence-corrected chi connectivity index (χ1v) is 6.75. The summed E-state index contributed by atoms with van der Waals surface area (Å²) in [4.78, 5) is 10.5. The molecule has 0 radical (unpaired) electrons. The standard InChI is InChI=1S/C15H15N7/c1-21(2)11-18-22-14(12-7-3-5-9-16-12)19-20-15(22)13-8-4-6-10-17-13/h3-11H,1-2H3. The van der Waals surface area contributed by atoms with Crippen molar-refractivity contribution in [3.8, 4) is 23.0 Å². The van der Waals surface area contributed by atoms with Crippen molar-refractivity contribution in [2.45, 2.75) is 0 Å². The third-order valence-corrected chi connectivity index (χ3v) is 2.83. The van der Waals surface area contributed by atoms with Gasteiger partial charge in [-0.2, -0.15) is 9.78 Å². The van der Waals surface area contributed by atoms with Crippen LogP contribution in [0.2, 0.25) is 0 Å². The van der Waals surface area contributed by atoms with Crippen molar-refractivity contribution in [2.75, 3.05) is 14.1 Å². The van der Waals surface area contributed by atoms with Gasteiger partial charge in [0.15, 0.2) is 0 Å². The van der Waals surface area contributed by atoms with Crippen molar-refractivity contribution in [1.29, 1.82) is 0 Å². The number of hydrogen-bond acceptors (Lipinski definition) is 5. The van der Waals surface area contributed by atoms with Crippen molar-refractivity contribution in [3.05, 3.63) is 48.8 Å². The Hall–Kier alpha value is -3.09. The van der Waals surface area contributed by atoms with Crippen LogP contribution in [0.3, 0.4) is 0 Å². The van der Waals surface area contributed by atoms with E-state index in [9.17, 15) is 0 Å². The predicted octanol–water partition coefficient (Wildman–Crippen LogP) is 1.76. The van der Waals surface area contributed by atoms with Crippen molar-refractivity contribution >= 4 is 6.34 Å². The van der Waals surface area contributed by atoms with Crippen LogP contribution in [0.4, 0.5) is 0 Å². The van der Waals surface area contributed by atoms with Gasteiger partial charge in [0.05, 0.1) is 0 Å². The summed E-state index contributed by atoms with van der Waals surface area (Å²) in [6, 6.07) is 11.2. The summed E-state index contributed by atoms with van der Waals surface area (Å²) >= 11 is 0. The molecule has 0 amide bonds. The van der Waals surface area contributed by atoms with Crippen LogP contribution < -0.4 is 0 Å². The van der Waals surface area contributed by atoms with Gasteiger partial charge in [0.1, 0.15) is 17.7 Å². The number of pyridine rings is 2. The zero-order valence-electron chi connectivity index (χ0n) is 12.3. The third kappa shape index (κ3) is 2.83. The maximum absolute atomic E-state index is 4.43. The number of nitrogens with zero attached hydrogens (tertiary/aromatic N) is 7. The zero-order valence-corrected chi connectivity index (χ0v) is 12.3. The van der Waals surface area contributed by atoms with Gasteiger partial charge in [-0.1, -0.05) is 12.1 Å². The first-order valence-electron chi connectivity index (χ1n) is 6.75. The molecule has 3 rings (SSSR count). The summed E-state index contributed by atoms with van der Waals surface area (Å²) in [6.45, 7) is 0. The molecule has 3 heterocycles. The summed E-state index contributed by atoms with van der Waals surface area (Å²) in [5.41, 5.74) is 1.40. The molecule has 7 heteroatoms. The van der Waals surface area contributed by atoms with E-state index in [1.54, 1.807) is 23.4 Å². The van der Waals surface area contributed by atoms with Crippen LogP contribution in [-0.4, -0.2) is 50.2 Å². The van der Waals surface area contributed by atoms with Crippen molar-refractivity contribution < 1.29 is 0 Å². The predicted molar refractivity (Wildman–Crippen MR) is 84.1 cm³/mol. The fourth-order valence-corrected chi connectivity index (χ4v) is 1.85. The van der Waals surface area contributed by atoms with E-state index in [1.807, 2.05) is 55.4 Å². The average Bonchev–Trinajstić information content (AvgIpc) is 2.98. The zero-order chi connectivity index (χ0) is 15.4. The molecule has 3 aromatic heterocycles. The molecule has 0 unspecified atom stereocenters. The van der Waals surface area contributed by atoms with Crippen molar-refractivity contribution in [2.24, 2.45) is 5.10 Å². The lowest BCUT2D eigenvalue weighted by molar-refractivity contribution is 0.633. The highest BCUT2D eigenvalue weighted by Gasteiger charge is 2.16. The summed E-state index contributed by atoms with van der Waals surface area (Å²) < 4.78 is 1.64. The number of rotatable bonds is 4. The Kier molecular flexibility index (Phi) is 3.86. The Morgan fingerprint density at radius 3 is 1.86 bits per heavy atom. The van der Waals surface area contributed by atoms with Gasteiger partial charge >= 0.3 is 0 Å². The van der Waals surface area contributed by atoms with E-state index in [-0.39, 0.29) is 0 Å². The van der Waals surface area contributed by atoms with Crippen LogP contribution in [0.5, 0.6) is 0 Å². The van der Waals surface area contributed by atoms with Gasteiger partial charge < -0.3 is 4.90 Å². The van der Waals surface area contributed by atoms with Gasteiger partial charge in [0, 0.05) is 26.5 Å². The van der Waals surface area contributed by atoms with Crippen LogP contribution in [0.1, 0.15) is 0 Å². The van der Waals surface area contributed by atoms with Crippen LogP contribution in [0, 0.1) is 0 Å². The van der Waals surface area contributed by atoms with E-state index in [0.717, 1.165) is 0 Å². The van der Waals surface area contributed by atoms with Gasteiger partial charge in [-0.15, -0.1) is 10.2 Å². The third-order valence-electron chi connectivity index (χ3n) is 2.83. The molecule has 0 aliphatic heterocycles. The summed E-state index contributed by atoms with van der Waals surface area (Å²) in [7, 11) is 3.80. The quantitative estimate of drug-likeness (QED) is 0.541. The van der Waals surface area contributed by atoms with E-state index in [2.05, 4.69) is 25.3 Å². The minimum Gasteiger partial charge on any atom is -0.367 e. The van der Waals surface area contributed by atoms with E-state index >= 15 is 0 Å². The first kappa shape index (κ1) is 13.9. The second-order valence-electron chi connectivity index (χ2n) is 4.78. The molecule has 0 N–H and O–H groups in total. The Bertz CT molecular complexity index is 706. The first-order chi connectivity index (χ1) is 10.8. The monoisotopic (exact) mass is 293 g/mol. The van der Waals surface area contributed by atoms with E-state index < -0.39 is 0 Å². The molecule has 0 aliphatic rings. The minimum absolute atomic E-state index is 0.569. The Morgan fingerprint density at radius 1 is 0.909 bits per heavy atom. The fraction of sp³-hybridized carbons (Fsp3) is 0.133. The summed E-state index contributed by atoms with van der Waals surface area (Å²) in [5, 5.41) is 12.9. The summed E-state index contributed by atoms with van der Waals surface area (Å²) in [6.07, 6.45) is 5.11. The largest absolute Gasteiger partial charge is 0.367 e. The molecule has 0 saturated carbocycles. The Morgan fingerprint density at radius 2 is 1.45 bits per heavy atom. The maximum atomic E-state index is 4.43. The van der Waals surface area contributed by atoms with Gasteiger partial charge in [0.2, 0.25) is 11.6 Å². The molecule has 0 bridgehead atoms. The highest BCUT2D eigenvalue weighted by molar-refractivity contribution is 5.60. The molecule has 0 spiro atoms. The number of aromatic nitrogens is 5. The molecule has 0 saturated heterocycles. The minimum atomic E-state index is 0.569. The molecular weight excluding hydrogens is 278 g/mol. The van der Waals surface area contributed by atoms with Gasteiger partial charge in [-0.3, -0.25) is 9.97 Å². The average molecular weight is 293 g/mol. The highest BCUT2D eigenvalue weighted by Crippen LogP contribution is 2.21. The second kappa shape index (κ2) is 6.13. The Balaban J connectivity index is 2.14. The molecule has 0 fully saturated rings. The van der Waals surface area contributed by atoms with E-state index in [4.69, 9.17) is 0 Å². The smallest absolute Gasteiger partial charge is 0.203 e. The van der Waals surface area contributed by atoms with E-state index in [1.165, 1.54) is 0 Å². The normalized spacial score (nSPS) is 11.0. The lowest BCUT2D eigenvalue weighted by atomic mass is 10.3. The SMILES string of the molecule is CN(C)C=Nn1c(-c2ccccn2)nnc1-c1ccccn1. The lowest BCUT2D eigenvalue weighted by Crippen LogP contribution is -2.10. The van der Waals surface area contributed by atoms with Crippen molar-refractivity contribution in [1.82, 2.24) is 29.7 Å². The number of hydrogen-bond donors (Lipinski definition) is 0. The van der Waals surface area contributed by atoms with Crippen LogP contribution in [0.25, 0.3) is 23.0 Å². The fourth-order valence-electron chi connectivity index (χ4n) is 1.85. The Labute approximate surface area is 128 Å². The lowest BCUT2D eigenvalue weighted by Gasteiger charge is -2.06. The molecule has 3 aromatic rings. The molecule has 22 heavy (non-hydrogen) atoms. The van der Waals surface area contributed by atoms with Crippen molar-refractivity contribution in [3.63, 3.8) is 0 Å².